The third kappa shape index (κ3) is 4.36. The quantitative estimate of drug-likeness (QED) is 0.838. The third-order valence-electron chi connectivity index (χ3n) is 2.30. The molecule has 0 amide bonds. The first-order chi connectivity index (χ1) is 8.24. The maximum absolute atomic E-state index is 6.10. The molecular weight excluding hydrogens is 270 g/mol. The fraction of sp³-hybridized carbons (Fsp3) is 0.231. The lowest BCUT2D eigenvalue weighted by Gasteiger charge is -2.10. The van der Waals surface area contributed by atoms with Crippen molar-refractivity contribution in [3.05, 3.63) is 51.7 Å². The minimum atomic E-state index is 0.192. The lowest BCUT2D eigenvalue weighted by atomic mass is 10.2. The van der Waals surface area contributed by atoms with Crippen molar-refractivity contribution in [1.82, 2.24) is 0 Å². The van der Waals surface area contributed by atoms with Crippen molar-refractivity contribution in [2.24, 2.45) is 5.73 Å². The van der Waals surface area contributed by atoms with Crippen LogP contribution >= 0.6 is 34.7 Å². The van der Waals surface area contributed by atoms with Crippen LogP contribution in [0.25, 0.3) is 0 Å². The van der Waals surface area contributed by atoms with Gasteiger partial charge in [0, 0.05) is 26.6 Å². The van der Waals surface area contributed by atoms with Gasteiger partial charge in [0.1, 0.15) is 0 Å². The summed E-state index contributed by atoms with van der Waals surface area (Å²) in [6, 6.07) is 12.3. The molecule has 1 aromatic heterocycles. The highest BCUT2D eigenvalue weighted by Gasteiger charge is 2.06. The Bertz CT molecular complexity index is 456. The third-order valence-corrected chi connectivity index (χ3v) is 4.62. The summed E-state index contributed by atoms with van der Waals surface area (Å²) in [6.07, 6.45) is 0.950. The van der Waals surface area contributed by atoms with Crippen molar-refractivity contribution in [3.8, 4) is 0 Å². The summed E-state index contributed by atoms with van der Waals surface area (Å²) in [6.45, 7) is 0. The Hall–Kier alpha value is -0.480. The van der Waals surface area contributed by atoms with Gasteiger partial charge in [0.25, 0.3) is 0 Å². The molecular formula is C13H14ClNS2. The van der Waals surface area contributed by atoms with Crippen LogP contribution < -0.4 is 5.73 Å². The minimum absolute atomic E-state index is 0.192. The van der Waals surface area contributed by atoms with Gasteiger partial charge in [0.05, 0.1) is 0 Å². The molecule has 1 nitrogen and oxygen atoms in total. The van der Waals surface area contributed by atoms with Crippen molar-refractivity contribution >= 4 is 34.7 Å². The number of rotatable bonds is 5. The van der Waals surface area contributed by atoms with Gasteiger partial charge < -0.3 is 5.73 Å². The van der Waals surface area contributed by atoms with E-state index in [0.717, 1.165) is 17.2 Å². The molecule has 17 heavy (non-hydrogen) atoms. The van der Waals surface area contributed by atoms with Gasteiger partial charge in [0.2, 0.25) is 0 Å². The second kappa shape index (κ2) is 6.45. The topological polar surface area (TPSA) is 26.0 Å². The standard InChI is InChI=1S/C13H14ClNS2/c14-10-3-1-4-12(7-10)17-9-11(15)8-13-5-2-6-16-13/h1-7,11H,8-9,15H2. The molecule has 90 valence electrons. The van der Waals surface area contributed by atoms with Crippen LogP contribution in [0.2, 0.25) is 5.02 Å². The molecule has 0 saturated heterocycles. The number of nitrogens with two attached hydrogens (primary N) is 1. The molecule has 1 unspecified atom stereocenters. The van der Waals surface area contributed by atoms with Crippen molar-refractivity contribution in [2.45, 2.75) is 17.4 Å². The summed E-state index contributed by atoms with van der Waals surface area (Å²) in [5.74, 6) is 0.915. The maximum Gasteiger partial charge on any atom is 0.0417 e. The summed E-state index contributed by atoms with van der Waals surface area (Å²) < 4.78 is 0. The van der Waals surface area contributed by atoms with Crippen molar-refractivity contribution in [2.75, 3.05) is 5.75 Å². The van der Waals surface area contributed by atoms with Crippen LogP contribution in [0.15, 0.2) is 46.7 Å². The van der Waals surface area contributed by atoms with E-state index in [1.807, 2.05) is 18.2 Å². The van der Waals surface area contributed by atoms with E-state index in [1.165, 1.54) is 9.77 Å². The molecule has 1 heterocycles. The first-order valence-corrected chi connectivity index (χ1v) is 7.64. The van der Waals surface area contributed by atoms with Crippen molar-refractivity contribution in [3.63, 3.8) is 0 Å². The molecule has 2 N–H and O–H groups in total. The van der Waals surface area contributed by atoms with Gasteiger partial charge in [-0.15, -0.1) is 23.1 Å². The zero-order valence-electron chi connectivity index (χ0n) is 9.30. The first-order valence-electron chi connectivity index (χ1n) is 5.40. The average Bonchev–Trinajstić information content (AvgIpc) is 2.79. The van der Waals surface area contributed by atoms with Crippen molar-refractivity contribution in [1.29, 1.82) is 0 Å². The minimum Gasteiger partial charge on any atom is -0.327 e. The van der Waals surface area contributed by atoms with E-state index in [2.05, 4.69) is 23.6 Å². The van der Waals surface area contributed by atoms with Gasteiger partial charge >= 0.3 is 0 Å². The zero-order chi connectivity index (χ0) is 12.1. The Kier molecular flexibility index (Phi) is 4.92. The first kappa shape index (κ1) is 13.0. The molecule has 2 aromatic rings. The number of thiophene rings is 1. The van der Waals surface area contributed by atoms with Crippen molar-refractivity contribution < 1.29 is 0 Å². The highest BCUT2D eigenvalue weighted by molar-refractivity contribution is 7.99. The van der Waals surface area contributed by atoms with E-state index in [9.17, 15) is 0 Å². The van der Waals surface area contributed by atoms with Crippen LogP contribution in [-0.4, -0.2) is 11.8 Å². The lowest BCUT2D eigenvalue weighted by Crippen LogP contribution is -2.25. The van der Waals surface area contributed by atoms with Crippen LogP contribution in [0.1, 0.15) is 4.88 Å². The highest BCUT2D eigenvalue weighted by atomic mass is 35.5. The van der Waals surface area contributed by atoms with Crippen LogP contribution in [0.3, 0.4) is 0 Å². The molecule has 0 aliphatic carbocycles. The van der Waals surface area contributed by atoms with Gasteiger partial charge in [-0.1, -0.05) is 23.7 Å². The monoisotopic (exact) mass is 283 g/mol. The summed E-state index contributed by atoms with van der Waals surface area (Å²) in [7, 11) is 0. The molecule has 0 aliphatic rings. The fourth-order valence-electron chi connectivity index (χ4n) is 1.51. The van der Waals surface area contributed by atoms with E-state index < -0.39 is 0 Å². The van der Waals surface area contributed by atoms with E-state index in [4.69, 9.17) is 17.3 Å². The van der Waals surface area contributed by atoms with Gasteiger partial charge in [-0.2, -0.15) is 0 Å². The van der Waals surface area contributed by atoms with Gasteiger partial charge in [-0.05, 0) is 36.1 Å². The molecule has 0 bridgehead atoms. The lowest BCUT2D eigenvalue weighted by molar-refractivity contribution is 0.757. The second-order valence-corrected chi connectivity index (χ2v) is 6.37. The van der Waals surface area contributed by atoms with E-state index in [1.54, 1.807) is 23.1 Å². The number of hydrogen-bond donors (Lipinski definition) is 1. The molecule has 0 aliphatic heterocycles. The molecule has 4 heteroatoms. The summed E-state index contributed by atoms with van der Waals surface area (Å²) in [5, 5.41) is 2.87. The second-order valence-electron chi connectivity index (χ2n) is 3.81. The van der Waals surface area contributed by atoms with Crippen LogP contribution in [0, 0.1) is 0 Å². The van der Waals surface area contributed by atoms with E-state index in [0.29, 0.717) is 0 Å². The van der Waals surface area contributed by atoms with E-state index >= 15 is 0 Å². The summed E-state index contributed by atoms with van der Waals surface area (Å²) in [4.78, 5) is 2.53. The largest absolute Gasteiger partial charge is 0.327 e. The normalized spacial score (nSPS) is 12.6. The van der Waals surface area contributed by atoms with E-state index in [-0.39, 0.29) is 6.04 Å². The Morgan fingerprint density at radius 3 is 2.88 bits per heavy atom. The molecule has 0 saturated carbocycles. The molecule has 2 rings (SSSR count). The zero-order valence-corrected chi connectivity index (χ0v) is 11.7. The fourth-order valence-corrected chi connectivity index (χ4v) is 3.47. The number of halogens is 1. The van der Waals surface area contributed by atoms with Gasteiger partial charge in [-0.3, -0.25) is 0 Å². The molecule has 0 spiro atoms. The van der Waals surface area contributed by atoms with Crippen LogP contribution in [0.5, 0.6) is 0 Å². The average molecular weight is 284 g/mol. The summed E-state index contributed by atoms with van der Waals surface area (Å²) in [5.41, 5.74) is 6.10. The Balaban J connectivity index is 1.82. The predicted octanol–water partition coefficient (Wildman–Crippen LogP) is 4.06. The highest BCUT2D eigenvalue weighted by Crippen LogP contribution is 2.22. The maximum atomic E-state index is 6.10. The summed E-state index contributed by atoms with van der Waals surface area (Å²) >= 11 is 9.46. The molecule has 0 fully saturated rings. The SMILES string of the molecule is NC(CSc1cccc(Cl)c1)Cc1cccs1. The Morgan fingerprint density at radius 2 is 2.18 bits per heavy atom. The van der Waals surface area contributed by atoms with Gasteiger partial charge in [0.15, 0.2) is 0 Å². The number of thioether (sulfide) groups is 1. The molecule has 0 radical (unpaired) electrons. The predicted molar refractivity (Wildman–Crippen MR) is 78.2 cm³/mol. The van der Waals surface area contributed by atoms with Crippen LogP contribution in [0.4, 0.5) is 0 Å². The molecule has 1 atom stereocenters. The van der Waals surface area contributed by atoms with Gasteiger partial charge in [-0.25, -0.2) is 0 Å². The molecule has 1 aromatic carbocycles. The van der Waals surface area contributed by atoms with Crippen LogP contribution in [-0.2, 0) is 6.42 Å². The Morgan fingerprint density at radius 1 is 1.29 bits per heavy atom. The number of hydrogen-bond acceptors (Lipinski definition) is 3. The smallest absolute Gasteiger partial charge is 0.0417 e. The number of benzene rings is 1. The Labute approximate surface area is 115 Å².